The van der Waals surface area contributed by atoms with Crippen molar-refractivity contribution in [3.63, 3.8) is 0 Å². The molecule has 0 atom stereocenters. The van der Waals surface area contributed by atoms with Crippen molar-refractivity contribution in [3.8, 4) is 11.5 Å². The molecule has 2 aromatic carbocycles. The van der Waals surface area contributed by atoms with E-state index in [0.717, 1.165) is 10.0 Å². The number of nitrogens with one attached hydrogen (secondary N) is 1. The Morgan fingerprint density at radius 3 is 2.71 bits per heavy atom. The SMILES string of the molecule is CC1(C)Oc2cc(Br)c(CNC(=O)Cn3ncc(=O)c4ccccc43)cc2O1. The summed E-state index contributed by atoms with van der Waals surface area (Å²) in [5.41, 5.74) is 1.32. The first-order valence-corrected chi connectivity index (χ1v) is 9.54. The third-order valence-electron chi connectivity index (χ3n) is 4.36. The Hall–Kier alpha value is -2.87. The van der Waals surface area contributed by atoms with Gasteiger partial charge in [-0.05, 0) is 29.8 Å². The number of rotatable bonds is 4. The van der Waals surface area contributed by atoms with Crippen LogP contribution in [0, 0.1) is 0 Å². The minimum absolute atomic E-state index is 0.00992. The second kappa shape index (κ2) is 6.94. The van der Waals surface area contributed by atoms with E-state index in [1.54, 1.807) is 18.2 Å². The molecule has 28 heavy (non-hydrogen) atoms. The molecule has 0 radical (unpaired) electrons. The summed E-state index contributed by atoms with van der Waals surface area (Å²) in [7, 11) is 0. The van der Waals surface area contributed by atoms with Gasteiger partial charge in [-0.3, -0.25) is 14.3 Å². The maximum absolute atomic E-state index is 12.4. The highest BCUT2D eigenvalue weighted by molar-refractivity contribution is 9.10. The van der Waals surface area contributed by atoms with E-state index in [1.807, 2.05) is 32.0 Å². The summed E-state index contributed by atoms with van der Waals surface area (Å²) >= 11 is 3.51. The van der Waals surface area contributed by atoms with Gasteiger partial charge in [-0.15, -0.1) is 0 Å². The number of aromatic nitrogens is 2. The summed E-state index contributed by atoms with van der Waals surface area (Å²) in [5, 5.41) is 7.49. The Kier molecular flexibility index (Phi) is 4.58. The van der Waals surface area contributed by atoms with Crippen LogP contribution in [0.1, 0.15) is 19.4 Å². The molecule has 1 amide bonds. The minimum atomic E-state index is -0.708. The van der Waals surface area contributed by atoms with Gasteiger partial charge in [0.15, 0.2) is 11.5 Å². The quantitative estimate of drug-likeness (QED) is 0.669. The zero-order chi connectivity index (χ0) is 19.9. The number of hydrogen-bond acceptors (Lipinski definition) is 5. The number of nitrogens with zero attached hydrogens (tertiary/aromatic N) is 2. The van der Waals surface area contributed by atoms with Crippen LogP contribution in [0.2, 0.25) is 0 Å². The Balaban J connectivity index is 1.48. The first-order valence-electron chi connectivity index (χ1n) is 8.74. The molecule has 0 bridgehead atoms. The molecule has 7 nitrogen and oxygen atoms in total. The summed E-state index contributed by atoms with van der Waals surface area (Å²) < 4.78 is 13.8. The lowest BCUT2D eigenvalue weighted by Gasteiger charge is -2.16. The average molecular weight is 444 g/mol. The number of halogens is 1. The minimum Gasteiger partial charge on any atom is -0.449 e. The molecule has 2 heterocycles. The summed E-state index contributed by atoms with van der Waals surface area (Å²) in [6.07, 6.45) is 1.23. The largest absolute Gasteiger partial charge is 0.449 e. The molecule has 8 heteroatoms. The molecule has 4 rings (SSSR count). The number of para-hydroxylation sites is 1. The summed E-state index contributed by atoms with van der Waals surface area (Å²) in [4.78, 5) is 24.3. The normalized spacial score (nSPS) is 14.2. The molecule has 0 fully saturated rings. The molecule has 0 saturated heterocycles. The molecule has 1 aliphatic heterocycles. The van der Waals surface area contributed by atoms with Crippen molar-refractivity contribution in [2.45, 2.75) is 32.7 Å². The molecular weight excluding hydrogens is 426 g/mol. The van der Waals surface area contributed by atoms with Crippen LogP contribution < -0.4 is 20.2 Å². The van der Waals surface area contributed by atoms with Crippen molar-refractivity contribution in [1.29, 1.82) is 0 Å². The van der Waals surface area contributed by atoms with Gasteiger partial charge in [0, 0.05) is 30.3 Å². The highest BCUT2D eigenvalue weighted by Crippen LogP contribution is 2.42. The number of benzene rings is 2. The Morgan fingerprint density at radius 1 is 1.21 bits per heavy atom. The van der Waals surface area contributed by atoms with E-state index in [9.17, 15) is 9.59 Å². The molecule has 1 N–H and O–H groups in total. The fourth-order valence-corrected chi connectivity index (χ4v) is 3.56. The van der Waals surface area contributed by atoms with Gasteiger partial charge < -0.3 is 14.8 Å². The maximum atomic E-state index is 12.4. The molecule has 0 spiro atoms. The summed E-state index contributed by atoms with van der Waals surface area (Å²) in [6.45, 7) is 4.00. The molecule has 1 aliphatic rings. The van der Waals surface area contributed by atoms with Gasteiger partial charge in [0.05, 0.1) is 11.7 Å². The molecule has 144 valence electrons. The van der Waals surface area contributed by atoms with Gasteiger partial charge in [-0.2, -0.15) is 5.10 Å². The van der Waals surface area contributed by atoms with Crippen molar-refractivity contribution in [2.75, 3.05) is 0 Å². The second-order valence-electron chi connectivity index (χ2n) is 6.95. The number of hydrogen-bond donors (Lipinski definition) is 1. The van der Waals surface area contributed by atoms with Gasteiger partial charge >= 0.3 is 0 Å². The topological polar surface area (TPSA) is 82.5 Å². The van der Waals surface area contributed by atoms with Crippen molar-refractivity contribution >= 4 is 32.7 Å². The lowest BCUT2D eigenvalue weighted by molar-refractivity contribution is -0.121. The zero-order valence-corrected chi connectivity index (χ0v) is 16.9. The highest BCUT2D eigenvalue weighted by atomic mass is 79.9. The van der Waals surface area contributed by atoms with Crippen LogP contribution >= 0.6 is 15.9 Å². The van der Waals surface area contributed by atoms with Crippen molar-refractivity contribution < 1.29 is 14.3 Å². The molecule has 1 aromatic heterocycles. The fraction of sp³-hybridized carbons (Fsp3) is 0.250. The Labute approximate surface area is 169 Å². The fourth-order valence-electron chi connectivity index (χ4n) is 3.10. The first kappa shape index (κ1) is 18.5. The maximum Gasteiger partial charge on any atom is 0.246 e. The van der Waals surface area contributed by atoms with Crippen LogP contribution in [0.4, 0.5) is 0 Å². The average Bonchev–Trinajstić information content (AvgIpc) is 2.95. The molecule has 0 unspecified atom stereocenters. The monoisotopic (exact) mass is 443 g/mol. The van der Waals surface area contributed by atoms with E-state index in [-0.39, 0.29) is 17.9 Å². The number of ether oxygens (including phenoxy) is 2. The second-order valence-corrected chi connectivity index (χ2v) is 7.81. The van der Waals surface area contributed by atoms with Crippen LogP contribution in [-0.2, 0) is 17.9 Å². The highest BCUT2D eigenvalue weighted by Gasteiger charge is 2.32. The summed E-state index contributed by atoms with van der Waals surface area (Å²) in [6, 6.07) is 10.8. The van der Waals surface area contributed by atoms with E-state index in [4.69, 9.17) is 9.47 Å². The van der Waals surface area contributed by atoms with Gasteiger partial charge in [0.2, 0.25) is 17.1 Å². The lowest BCUT2D eigenvalue weighted by atomic mass is 10.2. The van der Waals surface area contributed by atoms with E-state index < -0.39 is 5.79 Å². The smallest absolute Gasteiger partial charge is 0.246 e. The molecular formula is C20H18BrN3O4. The first-order chi connectivity index (χ1) is 13.3. The van der Waals surface area contributed by atoms with Crippen molar-refractivity contribution in [2.24, 2.45) is 0 Å². The van der Waals surface area contributed by atoms with E-state index in [2.05, 4.69) is 26.3 Å². The standard InChI is InChI=1S/C20H18BrN3O4/c1-20(2)27-17-7-12(14(21)8-18(17)28-20)9-22-19(26)11-24-15-6-4-3-5-13(15)16(25)10-23-24/h3-8,10H,9,11H2,1-2H3,(H,22,26). The van der Waals surface area contributed by atoms with Crippen LogP contribution in [0.3, 0.4) is 0 Å². The van der Waals surface area contributed by atoms with Crippen LogP contribution in [0.15, 0.2) is 51.9 Å². The third kappa shape index (κ3) is 3.60. The Bertz CT molecular complexity index is 1140. The van der Waals surface area contributed by atoms with Crippen LogP contribution in [-0.4, -0.2) is 21.5 Å². The molecule has 0 aliphatic carbocycles. The Morgan fingerprint density at radius 2 is 1.93 bits per heavy atom. The van der Waals surface area contributed by atoms with E-state index in [0.29, 0.717) is 28.9 Å². The zero-order valence-electron chi connectivity index (χ0n) is 15.4. The summed E-state index contributed by atoms with van der Waals surface area (Å²) in [5.74, 6) is 0.383. The van der Waals surface area contributed by atoms with Gasteiger partial charge in [0.25, 0.3) is 0 Å². The molecule has 0 saturated carbocycles. The van der Waals surface area contributed by atoms with Crippen LogP contribution in [0.5, 0.6) is 11.5 Å². The van der Waals surface area contributed by atoms with Gasteiger partial charge in [-0.1, -0.05) is 28.1 Å². The van der Waals surface area contributed by atoms with Gasteiger partial charge in [0.1, 0.15) is 6.54 Å². The number of carbonyl (C=O) groups excluding carboxylic acids is 1. The number of fused-ring (bicyclic) bond motifs is 2. The number of carbonyl (C=O) groups is 1. The van der Waals surface area contributed by atoms with E-state index >= 15 is 0 Å². The number of amides is 1. The van der Waals surface area contributed by atoms with Crippen molar-refractivity contribution in [3.05, 3.63) is 62.9 Å². The van der Waals surface area contributed by atoms with Gasteiger partial charge in [-0.25, -0.2) is 0 Å². The molecule has 3 aromatic rings. The predicted molar refractivity (Wildman–Crippen MR) is 107 cm³/mol. The lowest BCUT2D eigenvalue weighted by Crippen LogP contribution is -2.29. The predicted octanol–water partition coefficient (Wildman–Crippen LogP) is 2.98. The van der Waals surface area contributed by atoms with Crippen molar-refractivity contribution in [1.82, 2.24) is 15.1 Å². The van der Waals surface area contributed by atoms with Crippen LogP contribution in [0.25, 0.3) is 10.9 Å². The van der Waals surface area contributed by atoms with E-state index in [1.165, 1.54) is 10.9 Å². The third-order valence-corrected chi connectivity index (χ3v) is 5.09.